The fraction of sp³-hybridized carbons (Fsp3) is 0.190. The number of methoxy groups -OCH3 is 1. The molecule has 0 bridgehead atoms. The lowest BCUT2D eigenvalue weighted by atomic mass is 10.1. The first-order chi connectivity index (χ1) is 13.6. The van der Waals surface area contributed by atoms with Crippen molar-refractivity contribution >= 4 is 23.5 Å². The van der Waals surface area contributed by atoms with Gasteiger partial charge in [-0.15, -0.1) is 0 Å². The number of carbonyl (C=O) groups is 1. The average molecular weight is 397 g/mol. The van der Waals surface area contributed by atoms with Crippen molar-refractivity contribution in [3.8, 4) is 5.75 Å². The molecule has 2 N–H and O–H groups in total. The molecule has 0 saturated carbocycles. The quantitative estimate of drug-likeness (QED) is 0.606. The van der Waals surface area contributed by atoms with Gasteiger partial charge >= 0.3 is 0 Å². The van der Waals surface area contributed by atoms with Crippen molar-refractivity contribution in [3.63, 3.8) is 0 Å². The number of amides is 1. The molecule has 1 heterocycles. The lowest BCUT2D eigenvalue weighted by Gasteiger charge is -2.08. The van der Waals surface area contributed by atoms with Gasteiger partial charge in [0.15, 0.2) is 0 Å². The van der Waals surface area contributed by atoms with E-state index < -0.39 is 0 Å². The Bertz CT molecular complexity index is 914. The molecule has 0 aliphatic heterocycles. The predicted molar refractivity (Wildman–Crippen MR) is 110 cm³/mol. The molecule has 3 rings (SSSR count). The molecule has 0 aliphatic rings. The summed E-state index contributed by atoms with van der Waals surface area (Å²) >= 11 is 5.89. The molecule has 0 spiro atoms. The third-order valence-corrected chi connectivity index (χ3v) is 4.36. The maximum atomic E-state index is 12.4. The van der Waals surface area contributed by atoms with Gasteiger partial charge in [-0.3, -0.25) is 4.79 Å². The van der Waals surface area contributed by atoms with Gasteiger partial charge in [-0.1, -0.05) is 35.9 Å². The van der Waals surface area contributed by atoms with Crippen LogP contribution in [0.2, 0.25) is 5.02 Å². The van der Waals surface area contributed by atoms with Gasteiger partial charge in [0.2, 0.25) is 5.95 Å². The number of aromatic nitrogens is 2. The van der Waals surface area contributed by atoms with Crippen molar-refractivity contribution in [3.05, 3.63) is 82.6 Å². The number of anilines is 1. The number of carbonyl (C=O) groups excluding carboxylic acids is 1. The Morgan fingerprint density at radius 2 is 1.75 bits per heavy atom. The predicted octanol–water partition coefficient (Wildman–Crippen LogP) is 3.72. The van der Waals surface area contributed by atoms with Gasteiger partial charge in [0.05, 0.1) is 7.11 Å². The molecule has 0 aliphatic carbocycles. The maximum absolute atomic E-state index is 12.4. The summed E-state index contributed by atoms with van der Waals surface area (Å²) in [5.74, 6) is 0.949. The van der Waals surface area contributed by atoms with E-state index in [0.717, 1.165) is 23.3 Å². The summed E-state index contributed by atoms with van der Waals surface area (Å²) in [5.41, 5.74) is 2.45. The molecule has 0 saturated heterocycles. The van der Waals surface area contributed by atoms with Gasteiger partial charge in [-0.25, -0.2) is 9.97 Å². The number of halogens is 1. The Kier molecular flexibility index (Phi) is 6.81. The lowest BCUT2D eigenvalue weighted by Crippen LogP contribution is -2.24. The molecule has 144 valence electrons. The molecule has 6 nitrogen and oxygen atoms in total. The highest BCUT2D eigenvalue weighted by atomic mass is 35.5. The number of hydrogen-bond acceptors (Lipinski definition) is 5. The highest BCUT2D eigenvalue weighted by Crippen LogP contribution is 2.12. The van der Waals surface area contributed by atoms with E-state index in [4.69, 9.17) is 16.3 Å². The second-order valence-corrected chi connectivity index (χ2v) is 6.54. The van der Waals surface area contributed by atoms with Crippen molar-refractivity contribution in [1.29, 1.82) is 0 Å². The number of nitrogens with one attached hydrogen (secondary N) is 2. The van der Waals surface area contributed by atoms with Crippen molar-refractivity contribution in [2.75, 3.05) is 19.0 Å². The van der Waals surface area contributed by atoms with E-state index in [1.165, 1.54) is 0 Å². The van der Waals surface area contributed by atoms with Gasteiger partial charge in [0.25, 0.3) is 5.91 Å². The summed E-state index contributed by atoms with van der Waals surface area (Å²) in [5, 5.41) is 6.71. The van der Waals surface area contributed by atoms with Crippen molar-refractivity contribution in [2.45, 2.75) is 13.0 Å². The van der Waals surface area contributed by atoms with Crippen molar-refractivity contribution in [2.24, 2.45) is 0 Å². The molecule has 2 aromatic carbocycles. The van der Waals surface area contributed by atoms with Crippen LogP contribution in [0.25, 0.3) is 0 Å². The average Bonchev–Trinajstić information content (AvgIpc) is 2.74. The van der Waals surface area contributed by atoms with Crippen LogP contribution in [-0.4, -0.2) is 29.5 Å². The van der Waals surface area contributed by atoms with E-state index in [1.807, 2.05) is 48.5 Å². The van der Waals surface area contributed by atoms with Crippen LogP contribution in [0, 0.1) is 0 Å². The van der Waals surface area contributed by atoms with Crippen LogP contribution in [0.4, 0.5) is 5.95 Å². The molecule has 0 radical (unpaired) electrons. The van der Waals surface area contributed by atoms with Crippen LogP contribution in [0.5, 0.6) is 5.75 Å². The van der Waals surface area contributed by atoms with Crippen LogP contribution in [-0.2, 0) is 13.0 Å². The minimum atomic E-state index is -0.251. The van der Waals surface area contributed by atoms with Crippen LogP contribution in [0.1, 0.15) is 21.6 Å². The zero-order valence-corrected chi connectivity index (χ0v) is 16.2. The molecule has 0 unspecified atom stereocenters. The van der Waals surface area contributed by atoms with E-state index in [1.54, 1.807) is 19.4 Å². The highest BCUT2D eigenvalue weighted by molar-refractivity contribution is 6.30. The van der Waals surface area contributed by atoms with Gasteiger partial charge < -0.3 is 15.4 Å². The molecule has 1 aromatic heterocycles. The second kappa shape index (κ2) is 9.71. The minimum absolute atomic E-state index is 0.251. The minimum Gasteiger partial charge on any atom is -0.497 e. The first-order valence-electron chi connectivity index (χ1n) is 8.86. The molecule has 3 aromatic rings. The molecule has 28 heavy (non-hydrogen) atoms. The van der Waals surface area contributed by atoms with Crippen LogP contribution in [0.15, 0.2) is 60.8 Å². The molecule has 7 heteroatoms. The summed E-state index contributed by atoms with van der Waals surface area (Å²) < 4.78 is 5.13. The number of nitrogens with zero attached hydrogens (tertiary/aromatic N) is 2. The zero-order chi connectivity index (χ0) is 19.8. The summed E-state index contributed by atoms with van der Waals surface area (Å²) in [6.07, 6.45) is 2.37. The fourth-order valence-electron chi connectivity index (χ4n) is 2.56. The number of rotatable bonds is 8. The summed E-state index contributed by atoms with van der Waals surface area (Å²) in [4.78, 5) is 20.8. The van der Waals surface area contributed by atoms with Gasteiger partial charge in [0, 0.05) is 24.3 Å². The second-order valence-electron chi connectivity index (χ2n) is 6.10. The Morgan fingerprint density at radius 3 is 2.46 bits per heavy atom. The fourth-order valence-corrected chi connectivity index (χ4v) is 2.68. The Balaban J connectivity index is 1.51. The lowest BCUT2D eigenvalue weighted by molar-refractivity contribution is 0.0946. The Hall–Kier alpha value is -3.12. The molecule has 1 amide bonds. The summed E-state index contributed by atoms with van der Waals surface area (Å²) in [7, 11) is 1.62. The largest absolute Gasteiger partial charge is 0.497 e. The molecule has 0 atom stereocenters. The monoisotopic (exact) mass is 396 g/mol. The van der Waals surface area contributed by atoms with Gasteiger partial charge in [0.1, 0.15) is 11.4 Å². The smallest absolute Gasteiger partial charge is 0.270 e. The van der Waals surface area contributed by atoms with E-state index >= 15 is 0 Å². The highest BCUT2D eigenvalue weighted by Gasteiger charge is 2.08. The third-order valence-electron chi connectivity index (χ3n) is 4.11. The van der Waals surface area contributed by atoms with E-state index in [0.29, 0.717) is 29.8 Å². The first-order valence-corrected chi connectivity index (χ1v) is 9.24. The van der Waals surface area contributed by atoms with Gasteiger partial charge in [-0.05, 0) is 47.9 Å². The normalized spacial score (nSPS) is 10.4. The number of benzene rings is 2. The SMILES string of the molecule is COc1ccc(CNC(=O)c2ccnc(NCCc3ccc(Cl)cc3)n2)cc1. The topological polar surface area (TPSA) is 76.1 Å². The number of hydrogen-bond donors (Lipinski definition) is 2. The first kappa shape index (κ1) is 19.6. The van der Waals surface area contributed by atoms with Crippen LogP contribution in [0.3, 0.4) is 0 Å². The summed E-state index contributed by atoms with van der Waals surface area (Å²) in [6.45, 7) is 1.06. The van der Waals surface area contributed by atoms with E-state index in [2.05, 4.69) is 20.6 Å². The van der Waals surface area contributed by atoms with E-state index in [-0.39, 0.29) is 5.91 Å². The third kappa shape index (κ3) is 5.69. The summed E-state index contributed by atoms with van der Waals surface area (Å²) in [6, 6.07) is 16.8. The van der Waals surface area contributed by atoms with Crippen LogP contribution >= 0.6 is 11.6 Å². The molecule has 0 fully saturated rings. The zero-order valence-electron chi connectivity index (χ0n) is 15.5. The Labute approximate surface area is 168 Å². The van der Waals surface area contributed by atoms with Crippen molar-refractivity contribution < 1.29 is 9.53 Å². The standard InChI is InChI=1S/C21H21ClN4O2/c1-28-18-8-4-16(5-9-18)14-25-20(27)19-11-13-24-21(26-19)23-12-10-15-2-6-17(22)7-3-15/h2-9,11,13H,10,12,14H2,1H3,(H,25,27)(H,23,24,26). The maximum Gasteiger partial charge on any atom is 0.270 e. The van der Waals surface area contributed by atoms with E-state index in [9.17, 15) is 4.79 Å². The molecular formula is C21H21ClN4O2. The molecular weight excluding hydrogens is 376 g/mol. The van der Waals surface area contributed by atoms with Crippen molar-refractivity contribution in [1.82, 2.24) is 15.3 Å². The Morgan fingerprint density at radius 1 is 1.04 bits per heavy atom. The van der Waals surface area contributed by atoms with Crippen LogP contribution < -0.4 is 15.4 Å². The van der Waals surface area contributed by atoms with Gasteiger partial charge in [-0.2, -0.15) is 0 Å². The number of ether oxygens (including phenoxy) is 1.